The van der Waals surface area contributed by atoms with Crippen molar-refractivity contribution in [1.29, 1.82) is 0 Å². The van der Waals surface area contributed by atoms with E-state index in [0.29, 0.717) is 10.8 Å². The van der Waals surface area contributed by atoms with Gasteiger partial charge in [0.2, 0.25) is 0 Å². The fraction of sp³-hybridized carbons (Fsp3) is 0.150. The predicted octanol–water partition coefficient (Wildman–Crippen LogP) is 3.85. The summed E-state index contributed by atoms with van der Waals surface area (Å²) in [4.78, 5) is 12.4. The van der Waals surface area contributed by atoms with Crippen LogP contribution in [0, 0.1) is 0 Å². The van der Waals surface area contributed by atoms with E-state index in [-0.39, 0.29) is 28.7 Å². The highest BCUT2D eigenvalue weighted by molar-refractivity contribution is 7.90. The van der Waals surface area contributed by atoms with Crippen LogP contribution < -0.4 is 10.1 Å². The zero-order valence-electron chi connectivity index (χ0n) is 15.0. The van der Waals surface area contributed by atoms with Crippen LogP contribution in [0.2, 0.25) is 5.02 Å². The number of carbonyl (C=O) groups excluding carboxylic acids is 1. The highest BCUT2D eigenvalue weighted by Gasteiger charge is 2.19. The summed E-state index contributed by atoms with van der Waals surface area (Å²) in [5.74, 6) is 0.0839. The van der Waals surface area contributed by atoms with E-state index >= 15 is 0 Å². The molecule has 0 saturated carbocycles. The number of methoxy groups -OCH3 is 1. The normalized spacial score (nSPS) is 11.2. The topological polar surface area (TPSA) is 85.6 Å². The van der Waals surface area contributed by atoms with Gasteiger partial charge in [0, 0.05) is 17.1 Å². The molecule has 28 heavy (non-hydrogen) atoms. The fourth-order valence-electron chi connectivity index (χ4n) is 2.60. The number of para-hydroxylation sites is 1. The van der Waals surface area contributed by atoms with Crippen LogP contribution in [0.5, 0.6) is 5.75 Å². The Morgan fingerprint density at radius 3 is 2.50 bits per heavy atom. The molecule has 0 spiro atoms. The van der Waals surface area contributed by atoms with E-state index in [1.807, 2.05) is 18.2 Å². The third-order valence-corrected chi connectivity index (χ3v) is 5.93. The molecule has 1 N–H and O–H groups in total. The van der Waals surface area contributed by atoms with Crippen LogP contribution in [-0.2, 0) is 22.1 Å². The van der Waals surface area contributed by atoms with Crippen LogP contribution in [-0.4, -0.2) is 21.4 Å². The van der Waals surface area contributed by atoms with Gasteiger partial charge < -0.3 is 14.5 Å². The number of hydrogen-bond donors (Lipinski definition) is 1. The van der Waals surface area contributed by atoms with Crippen LogP contribution in [0.4, 0.5) is 0 Å². The third kappa shape index (κ3) is 4.74. The maximum Gasteiger partial charge on any atom is 0.287 e. The Bertz CT molecular complexity index is 1070. The number of hydrogen-bond acceptors (Lipinski definition) is 5. The van der Waals surface area contributed by atoms with Crippen molar-refractivity contribution in [2.75, 3.05) is 7.11 Å². The minimum atomic E-state index is -3.61. The van der Waals surface area contributed by atoms with Crippen molar-refractivity contribution < 1.29 is 22.4 Å². The van der Waals surface area contributed by atoms with Gasteiger partial charge >= 0.3 is 0 Å². The molecule has 8 heteroatoms. The molecule has 0 atom stereocenters. The summed E-state index contributed by atoms with van der Waals surface area (Å²) in [6.07, 6.45) is 0. The second-order valence-electron chi connectivity index (χ2n) is 5.97. The molecule has 0 aliphatic rings. The van der Waals surface area contributed by atoms with Gasteiger partial charge in [0.15, 0.2) is 15.6 Å². The Morgan fingerprint density at radius 2 is 1.79 bits per heavy atom. The summed E-state index contributed by atoms with van der Waals surface area (Å²) in [5.41, 5.74) is 0.815. The maximum atomic E-state index is 12.5. The molecule has 1 aromatic heterocycles. The van der Waals surface area contributed by atoms with Gasteiger partial charge in [0.25, 0.3) is 5.91 Å². The molecule has 1 heterocycles. The Hall–Kier alpha value is -2.77. The SMILES string of the molecule is COc1ccccc1CNC(=O)c1ccc(CS(=O)(=O)c2ccc(Cl)cc2)o1. The molecule has 0 unspecified atom stereocenters. The van der Waals surface area contributed by atoms with Crippen LogP contribution in [0.25, 0.3) is 0 Å². The number of rotatable bonds is 7. The first-order chi connectivity index (χ1) is 13.4. The van der Waals surface area contributed by atoms with E-state index in [1.165, 1.54) is 36.4 Å². The van der Waals surface area contributed by atoms with Crippen molar-refractivity contribution in [2.24, 2.45) is 0 Å². The van der Waals surface area contributed by atoms with E-state index in [9.17, 15) is 13.2 Å². The number of carbonyl (C=O) groups is 1. The molecule has 1 amide bonds. The fourth-order valence-corrected chi connectivity index (χ4v) is 3.97. The summed E-state index contributed by atoms with van der Waals surface area (Å²) in [7, 11) is -2.05. The lowest BCUT2D eigenvalue weighted by molar-refractivity contribution is 0.0921. The average Bonchev–Trinajstić information content (AvgIpc) is 3.14. The first kappa shape index (κ1) is 20.0. The first-order valence-electron chi connectivity index (χ1n) is 8.36. The maximum absolute atomic E-state index is 12.5. The number of amides is 1. The minimum Gasteiger partial charge on any atom is -0.496 e. The molecule has 0 radical (unpaired) electrons. The summed E-state index contributed by atoms with van der Waals surface area (Å²) in [5, 5.41) is 3.18. The molecule has 6 nitrogen and oxygen atoms in total. The highest BCUT2D eigenvalue weighted by atomic mass is 35.5. The van der Waals surface area contributed by atoms with Gasteiger partial charge in [-0.1, -0.05) is 29.8 Å². The van der Waals surface area contributed by atoms with Crippen molar-refractivity contribution in [3.63, 3.8) is 0 Å². The highest BCUT2D eigenvalue weighted by Crippen LogP contribution is 2.21. The minimum absolute atomic E-state index is 0.0382. The van der Waals surface area contributed by atoms with Gasteiger partial charge in [-0.05, 0) is 42.5 Å². The van der Waals surface area contributed by atoms with Gasteiger partial charge in [-0.15, -0.1) is 0 Å². The van der Waals surface area contributed by atoms with Crippen molar-refractivity contribution in [1.82, 2.24) is 5.32 Å². The Labute approximate surface area is 168 Å². The van der Waals surface area contributed by atoms with Gasteiger partial charge in [-0.2, -0.15) is 0 Å². The van der Waals surface area contributed by atoms with Crippen molar-refractivity contribution >= 4 is 27.3 Å². The van der Waals surface area contributed by atoms with Gasteiger partial charge in [-0.3, -0.25) is 4.79 Å². The van der Waals surface area contributed by atoms with E-state index in [4.69, 9.17) is 20.8 Å². The second kappa shape index (κ2) is 8.50. The molecular formula is C20H18ClNO5S. The lowest BCUT2D eigenvalue weighted by Crippen LogP contribution is -2.22. The molecule has 2 aromatic carbocycles. The standard InChI is InChI=1S/C20H18ClNO5S/c1-26-18-5-3-2-4-14(18)12-22-20(23)19-11-8-16(27-19)13-28(24,25)17-9-6-15(21)7-10-17/h2-11H,12-13H2,1H3,(H,22,23). The van der Waals surface area contributed by atoms with Crippen molar-refractivity contribution in [2.45, 2.75) is 17.2 Å². The average molecular weight is 420 g/mol. The second-order valence-corrected chi connectivity index (χ2v) is 8.40. The Kier molecular flexibility index (Phi) is 6.06. The van der Waals surface area contributed by atoms with Crippen LogP contribution in [0.15, 0.2) is 70.0 Å². The van der Waals surface area contributed by atoms with Gasteiger partial charge in [-0.25, -0.2) is 8.42 Å². The molecule has 3 aromatic rings. The molecular weight excluding hydrogens is 402 g/mol. The zero-order chi connectivity index (χ0) is 20.1. The van der Waals surface area contributed by atoms with E-state index in [2.05, 4.69) is 5.32 Å². The van der Waals surface area contributed by atoms with E-state index in [0.717, 1.165) is 5.56 Å². The smallest absolute Gasteiger partial charge is 0.287 e. The van der Waals surface area contributed by atoms with Crippen molar-refractivity contribution in [3.8, 4) is 5.75 Å². The van der Waals surface area contributed by atoms with E-state index in [1.54, 1.807) is 13.2 Å². The summed E-state index contributed by atoms with van der Waals surface area (Å²) >= 11 is 5.79. The molecule has 0 saturated heterocycles. The number of halogens is 1. The molecule has 0 aliphatic carbocycles. The Morgan fingerprint density at radius 1 is 1.07 bits per heavy atom. The van der Waals surface area contributed by atoms with Crippen molar-refractivity contribution in [3.05, 3.63) is 82.8 Å². The van der Waals surface area contributed by atoms with Crippen LogP contribution in [0.1, 0.15) is 21.9 Å². The number of furan rings is 1. The number of nitrogens with one attached hydrogen (secondary N) is 1. The molecule has 0 fully saturated rings. The van der Waals surface area contributed by atoms with Gasteiger partial charge in [0.1, 0.15) is 17.3 Å². The lowest BCUT2D eigenvalue weighted by atomic mass is 10.2. The number of ether oxygens (including phenoxy) is 1. The summed E-state index contributed by atoms with van der Waals surface area (Å²) < 4.78 is 35.6. The molecule has 146 valence electrons. The van der Waals surface area contributed by atoms with E-state index < -0.39 is 15.7 Å². The van der Waals surface area contributed by atoms with Crippen LogP contribution in [0.3, 0.4) is 0 Å². The van der Waals surface area contributed by atoms with Crippen LogP contribution >= 0.6 is 11.6 Å². The third-order valence-electron chi connectivity index (χ3n) is 4.02. The predicted molar refractivity (Wildman–Crippen MR) is 105 cm³/mol. The zero-order valence-corrected chi connectivity index (χ0v) is 16.6. The summed E-state index contributed by atoms with van der Waals surface area (Å²) in [6, 6.07) is 16.1. The number of benzene rings is 2. The lowest BCUT2D eigenvalue weighted by Gasteiger charge is -2.08. The quantitative estimate of drug-likeness (QED) is 0.628. The first-order valence-corrected chi connectivity index (χ1v) is 10.4. The largest absolute Gasteiger partial charge is 0.496 e. The molecule has 0 bridgehead atoms. The molecule has 0 aliphatic heterocycles. The van der Waals surface area contributed by atoms with Gasteiger partial charge in [0.05, 0.1) is 12.0 Å². The Balaban J connectivity index is 1.66. The number of sulfone groups is 1. The monoisotopic (exact) mass is 419 g/mol. The molecule has 3 rings (SSSR count). The summed E-state index contributed by atoms with van der Waals surface area (Å²) in [6.45, 7) is 0.252.